The van der Waals surface area contributed by atoms with Crippen LogP contribution in [-0.4, -0.2) is 46.4 Å². The SMILES string of the molecule is CC(CF)(CF)CC(=O)N1CCn2nc(-c3ccc(Cl)c(Cl)c3)c(C(N)=O)c2C1. The number of rotatable bonds is 6. The molecule has 2 N–H and O–H groups in total. The highest BCUT2D eigenvalue weighted by atomic mass is 35.5. The number of carbonyl (C=O) groups excluding carboxylic acids is 2. The zero-order valence-corrected chi connectivity index (χ0v) is 17.2. The van der Waals surface area contributed by atoms with Crippen LogP contribution < -0.4 is 5.73 Å². The maximum atomic E-state index is 13.1. The summed E-state index contributed by atoms with van der Waals surface area (Å²) in [6, 6.07) is 4.85. The standard InChI is InChI=1S/C19H20Cl2F2N4O2/c1-19(9-22,10-23)7-15(28)26-4-5-27-14(8-26)16(18(24)29)17(25-27)11-2-3-12(20)13(21)6-11/h2-3,6H,4-5,7-10H2,1H3,(H2,24,29). The Bertz CT molecular complexity index is 960. The zero-order chi connectivity index (χ0) is 21.3. The molecule has 0 saturated carbocycles. The van der Waals surface area contributed by atoms with E-state index in [0.29, 0.717) is 40.1 Å². The van der Waals surface area contributed by atoms with Crippen LogP contribution >= 0.6 is 23.2 Å². The molecule has 0 saturated heterocycles. The number of alkyl halides is 2. The van der Waals surface area contributed by atoms with Gasteiger partial charge in [-0.05, 0) is 12.1 Å². The minimum atomic E-state index is -1.35. The minimum absolute atomic E-state index is 0.0695. The molecule has 156 valence electrons. The third kappa shape index (κ3) is 4.23. The number of hydrogen-bond donors (Lipinski definition) is 1. The van der Waals surface area contributed by atoms with Gasteiger partial charge >= 0.3 is 0 Å². The van der Waals surface area contributed by atoms with Gasteiger partial charge in [0.2, 0.25) is 5.91 Å². The number of primary amides is 1. The molecule has 6 nitrogen and oxygen atoms in total. The molecule has 0 spiro atoms. The second kappa shape index (κ2) is 8.28. The molecule has 2 heterocycles. The molecule has 0 atom stereocenters. The van der Waals surface area contributed by atoms with Crippen LogP contribution in [0.25, 0.3) is 11.3 Å². The van der Waals surface area contributed by atoms with Gasteiger partial charge in [0.05, 0.1) is 47.7 Å². The van der Waals surface area contributed by atoms with Crippen molar-refractivity contribution < 1.29 is 18.4 Å². The number of carbonyl (C=O) groups is 2. The lowest BCUT2D eigenvalue weighted by Crippen LogP contribution is -2.42. The van der Waals surface area contributed by atoms with Crippen LogP contribution in [0.1, 0.15) is 29.4 Å². The summed E-state index contributed by atoms with van der Waals surface area (Å²) in [5, 5.41) is 5.14. The Morgan fingerprint density at radius 3 is 2.48 bits per heavy atom. The number of amides is 2. The number of hydrogen-bond acceptors (Lipinski definition) is 3. The lowest BCUT2D eigenvalue weighted by molar-refractivity contribution is -0.135. The highest BCUT2D eigenvalue weighted by Gasteiger charge is 2.34. The normalized spacial score (nSPS) is 14.0. The van der Waals surface area contributed by atoms with E-state index < -0.39 is 24.7 Å². The summed E-state index contributed by atoms with van der Waals surface area (Å²) < 4.78 is 27.9. The van der Waals surface area contributed by atoms with Crippen molar-refractivity contribution >= 4 is 35.0 Å². The van der Waals surface area contributed by atoms with Gasteiger partial charge in [0.15, 0.2) is 0 Å². The van der Waals surface area contributed by atoms with E-state index in [-0.39, 0.29) is 24.4 Å². The Labute approximate surface area is 176 Å². The van der Waals surface area contributed by atoms with Crippen LogP contribution in [0.5, 0.6) is 0 Å². The van der Waals surface area contributed by atoms with Crippen LogP contribution in [-0.2, 0) is 17.9 Å². The van der Waals surface area contributed by atoms with Crippen molar-refractivity contribution in [3.05, 3.63) is 39.5 Å². The highest BCUT2D eigenvalue weighted by molar-refractivity contribution is 6.42. The Morgan fingerprint density at radius 1 is 1.21 bits per heavy atom. The summed E-state index contributed by atoms with van der Waals surface area (Å²) in [5.74, 6) is -1.08. The first-order valence-electron chi connectivity index (χ1n) is 8.93. The van der Waals surface area contributed by atoms with Crippen molar-refractivity contribution in [2.24, 2.45) is 11.1 Å². The lowest BCUT2D eigenvalue weighted by Gasteiger charge is -2.31. The summed E-state index contributed by atoms with van der Waals surface area (Å²) in [6.45, 7) is 0.215. The van der Waals surface area contributed by atoms with Gasteiger partial charge in [-0.1, -0.05) is 36.2 Å². The van der Waals surface area contributed by atoms with E-state index in [9.17, 15) is 18.4 Å². The summed E-state index contributed by atoms with van der Waals surface area (Å²) >= 11 is 12.0. The minimum Gasteiger partial charge on any atom is -0.365 e. The van der Waals surface area contributed by atoms with E-state index in [2.05, 4.69) is 5.10 Å². The van der Waals surface area contributed by atoms with Crippen molar-refractivity contribution in [3.63, 3.8) is 0 Å². The first-order chi connectivity index (χ1) is 13.7. The Morgan fingerprint density at radius 2 is 1.90 bits per heavy atom. The van der Waals surface area contributed by atoms with Crippen molar-refractivity contribution in [1.82, 2.24) is 14.7 Å². The van der Waals surface area contributed by atoms with E-state index in [4.69, 9.17) is 28.9 Å². The topological polar surface area (TPSA) is 81.2 Å². The third-order valence-corrected chi connectivity index (χ3v) is 5.73. The van der Waals surface area contributed by atoms with Gasteiger partial charge in [0.1, 0.15) is 5.69 Å². The number of aromatic nitrogens is 2. The molecule has 1 aliphatic heterocycles. The molecule has 0 fully saturated rings. The molecule has 1 aliphatic rings. The van der Waals surface area contributed by atoms with Crippen LogP contribution in [0.4, 0.5) is 8.78 Å². The Hall–Kier alpha value is -2.19. The number of nitrogens with zero attached hydrogens (tertiary/aromatic N) is 3. The maximum Gasteiger partial charge on any atom is 0.252 e. The number of benzene rings is 1. The van der Waals surface area contributed by atoms with Crippen LogP contribution in [0.2, 0.25) is 10.0 Å². The molecule has 0 radical (unpaired) electrons. The average Bonchev–Trinajstić information content (AvgIpc) is 3.08. The van der Waals surface area contributed by atoms with Gasteiger partial charge in [-0.3, -0.25) is 23.1 Å². The molecular formula is C19H20Cl2F2N4O2. The summed E-state index contributed by atoms with van der Waals surface area (Å²) in [7, 11) is 0. The zero-order valence-electron chi connectivity index (χ0n) is 15.7. The number of fused-ring (bicyclic) bond motifs is 1. The van der Waals surface area contributed by atoms with Gasteiger partial charge in [0.25, 0.3) is 5.91 Å². The van der Waals surface area contributed by atoms with Crippen LogP contribution in [0, 0.1) is 5.41 Å². The van der Waals surface area contributed by atoms with E-state index >= 15 is 0 Å². The van der Waals surface area contributed by atoms with E-state index in [0.717, 1.165) is 0 Å². The van der Waals surface area contributed by atoms with Gasteiger partial charge in [-0.15, -0.1) is 0 Å². The number of halogens is 4. The summed E-state index contributed by atoms with van der Waals surface area (Å²) in [4.78, 5) is 26.2. The van der Waals surface area contributed by atoms with E-state index in [1.807, 2.05) is 0 Å². The number of nitrogens with two attached hydrogens (primary N) is 1. The molecule has 0 aliphatic carbocycles. The van der Waals surface area contributed by atoms with Crippen molar-refractivity contribution in [3.8, 4) is 11.3 Å². The van der Waals surface area contributed by atoms with E-state index in [1.165, 1.54) is 11.8 Å². The first kappa shape index (κ1) is 21.5. The molecule has 3 rings (SSSR count). The second-order valence-corrected chi connectivity index (χ2v) is 8.27. The monoisotopic (exact) mass is 444 g/mol. The molecule has 0 bridgehead atoms. The summed E-state index contributed by atoms with van der Waals surface area (Å²) in [5.41, 5.74) is 5.81. The average molecular weight is 445 g/mol. The largest absolute Gasteiger partial charge is 0.365 e. The molecule has 1 aromatic carbocycles. The fraction of sp³-hybridized carbons (Fsp3) is 0.421. The molecular weight excluding hydrogens is 425 g/mol. The van der Waals surface area contributed by atoms with Crippen LogP contribution in [0.3, 0.4) is 0 Å². The van der Waals surface area contributed by atoms with Crippen LogP contribution in [0.15, 0.2) is 18.2 Å². The van der Waals surface area contributed by atoms with Crippen molar-refractivity contribution in [1.29, 1.82) is 0 Å². The second-order valence-electron chi connectivity index (χ2n) is 7.46. The molecule has 29 heavy (non-hydrogen) atoms. The quantitative estimate of drug-likeness (QED) is 0.738. The maximum absolute atomic E-state index is 13.1. The molecule has 2 amide bonds. The Kier molecular flexibility index (Phi) is 6.14. The van der Waals surface area contributed by atoms with Gasteiger partial charge in [-0.2, -0.15) is 5.10 Å². The van der Waals surface area contributed by atoms with Gasteiger partial charge in [0, 0.05) is 23.9 Å². The fourth-order valence-electron chi connectivity index (χ4n) is 3.24. The fourth-order valence-corrected chi connectivity index (χ4v) is 3.54. The smallest absolute Gasteiger partial charge is 0.252 e. The molecule has 2 aromatic rings. The van der Waals surface area contributed by atoms with Gasteiger partial charge < -0.3 is 10.6 Å². The predicted octanol–water partition coefficient (Wildman–Crippen LogP) is 3.63. The van der Waals surface area contributed by atoms with Gasteiger partial charge in [-0.25, -0.2) is 0 Å². The van der Waals surface area contributed by atoms with Crippen molar-refractivity contribution in [2.45, 2.75) is 26.4 Å². The Balaban J connectivity index is 1.94. The predicted molar refractivity (Wildman–Crippen MR) is 106 cm³/mol. The highest BCUT2D eigenvalue weighted by Crippen LogP contribution is 2.33. The molecule has 1 aromatic heterocycles. The first-order valence-corrected chi connectivity index (χ1v) is 9.69. The van der Waals surface area contributed by atoms with Crippen molar-refractivity contribution in [2.75, 3.05) is 19.9 Å². The molecule has 0 unspecified atom stereocenters. The lowest BCUT2D eigenvalue weighted by atomic mass is 9.89. The summed E-state index contributed by atoms with van der Waals surface area (Å²) in [6.07, 6.45) is -0.264. The van der Waals surface area contributed by atoms with E-state index in [1.54, 1.807) is 22.9 Å². The molecule has 10 heteroatoms. The third-order valence-electron chi connectivity index (χ3n) is 5.00.